The van der Waals surface area contributed by atoms with Gasteiger partial charge in [0.1, 0.15) is 17.4 Å². The first-order valence-corrected chi connectivity index (χ1v) is 9.41. The Kier molecular flexibility index (Phi) is 4.97. The largest absolute Gasteiger partial charge is 0.463 e. The third kappa shape index (κ3) is 3.69. The Labute approximate surface area is 162 Å². The zero-order valence-electron chi connectivity index (χ0n) is 15.6. The lowest BCUT2D eigenvalue weighted by atomic mass is 10.1. The number of benzene rings is 1. The average molecular weight is 378 g/mol. The highest BCUT2D eigenvalue weighted by Crippen LogP contribution is 2.23. The number of carbonyl (C=O) groups is 2. The molecule has 0 spiro atoms. The lowest BCUT2D eigenvalue weighted by Gasteiger charge is -2.15. The van der Waals surface area contributed by atoms with Gasteiger partial charge in [0, 0.05) is 12.6 Å². The molecular weight excluding hydrogens is 356 g/mol. The number of amides is 2. The van der Waals surface area contributed by atoms with Gasteiger partial charge in [0.05, 0.1) is 12.0 Å². The molecule has 7 nitrogen and oxygen atoms in total. The van der Waals surface area contributed by atoms with Gasteiger partial charge < -0.3 is 15.1 Å². The van der Waals surface area contributed by atoms with Gasteiger partial charge in [-0.1, -0.05) is 17.7 Å². The van der Waals surface area contributed by atoms with E-state index in [1.165, 1.54) is 0 Å². The summed E-state index contributed by atoms with van der Waals surface area (Å²) in [5.74, 6) is 0.0959. The van der Waals surface area contributed by atoms with Gasteiger partial charge in [0.15, 0.2) is 5.76 Å². The highest BCUT2D eigenvalue weighted by Gasteiger charge is 2.26. The lowest BCUT2D eigenvalue weighted by molar-refractivity contribution is -0.122. The van der Waals surface area contributed by atoms with Crippen molar-refractivity contribution in [1.29, 1.82) is 0 Å². The molecule has 0 saturated carbocycles. The third-order valence-electron chi connectivity index (χ3n) is 4.83. The van der Waals surface area contributed by atoms with Crippen LogP contribution >= 0.6 is 0 Å². The van der Waals surface area contributed by atoms with Crippen LogP contribution in [0.15, 0.2) is 53.1 Å². The maximum Gasteiger partial charge on any atom is 0.270 e. The summed E-state index contributed by atoms with van der Waals surface area (Å²) in [5, 5.41) is 10.3. The van der Waals surface area contributed by atoms with E-state index in [-0.39, 0.29) is 11.8 Å². The number of aromatic nitrogens is 2. The number of nitrogens with zero attached hydrogens (tertiary/aromatic N) is 2. The summed E-state index contributed by atoms with van der Waals surface area (Å²) in [6.45, 7) is 2.65. The normalized spacial score (nSPS) is 17.0. The van der Waals surface area contributed by atoms with Crippen molar-refractivity contribution in [1.82, 2.24) is 20.4 Å². The zero-order valence-corrected chi connectivity index (χ0v) is 15.6. The van der Waals surface area contributed by atoms with Gasteiger partial charge in [0.25, 0.3) is 5.91 Å². The Morgan fingerprint density at radius 3 is 2.82 bits per heavy atom. The second-order valence-corrected chi connectivity index (χ2v) is 6.95. The van der Waals surface area contributed by atoms with Crippen molar-refractivity contribution in [2.24, 2.45) is 0 Å². The Hall–Kier alpha value is -3.35. The van der Waals surface area contributed by atoms with Crippen molar-refractivity contribution in [3.8, 4) is 17.1 Å². The van der Waals surface area contributed by atoms with Gasteiger partial charge in [-0.3, -0.25) is 9.59 Å². The maximum absolute atomic E-state index is 13.0. The second-order valence-electron chi connectivity index (χ2n) is 6.95. The van der Waals surface area contributed by atoms with Gasteiger partial charge >= 0.3 is 0 Å². The lowest BCUT2D eigenvalue weighted by Crippen LogP contribution is -2.45. The van der Waals surface area contributed by atoms with E-state index >= 15 is 0 Å². The Balaban J connectivity index is 1.68. The molecule has 2 N–H and O–H groups in total. The van der Waals surface area contributed by atoms with Crippen LogP contribution in [0.2, 0.25) is 0 Å². The van der Waals surface area contributed by atoms with Crippen LogP contribution in [0.1, 0.15) is 35.3 Å². The van der Waals surface area contributed by atoms with Gasteiger partial charge in [-0.2, -0.15) is 5.10 Å². The van der Waals surface area contributed by atoms with E-state index in [4.69, 9.17) is 4.42 Å². The molecule has 0 radical (unpaired) electrons. The molecule has 1 aliphatic heterocycles. The van der Waals surface area contributed by atoms with Crippen molar-refractivity contribution in [2.45, 2.75) is 32.2 Å². The average Bonchev–Trinajstić information content (AvgIpc) is 3.33. The number of hydrogen-bond donors (Lipinski definition) is 2. The first-order chi connectivity index (χ1) is 13.6. The minimum atomic E-state index is -0.538. The van der Waals surface area contributed by atoms with Crippen LogP contribution in [-0.4, -0.2) is 34.2 Å². The molecule has 3 heterocycles. The predicted octanol–water partition coefficient (Wildman–Crippen LogP) is 2.84. The fraction of sp³-hybridized carbons (Fsp3) is 0.286. The standard InChI is InChI=1S/C21H22N4O3/c1-14-7-9-15(10-8-14)25-18(13-17(24-25)19-6-4-12-28-19)21(27)23-16-5-2-3-11-22-20(16)26/h4,6-10,12-13,16H,2-3,5,11H2,1H3,(H,22,26)(H,23,27). The van der Waals surface area contributed by atoms with Crippen LogP contribution in [0.3, 0.4) is 0 Å². The Morgan fingerprint density at radius 1 is 1.25 bits per heavy atom. The van der Waals surface area contributed by atoms with Gasteiger partial charge in [-0.05, 0) is 50.5 Å². The van der Waals surface area contributed by atoms with E-state index in [9.17, 15) is 9.59 Å². The van der Waals surface area contributed by atoms with Crippen molar-refractivity contribution in [3.05, 3.63) is 60.0 Å². The molecule has 1 atom stereocenters. The molecule has 2 amide bonds. The summed E-state index contributed by atoms with van der Waals surface area (Å²) >= 11 is 0. The molecule has 1 aromatic carbocycles. The van der Waals surface area contributed by atoms with E-state index in [0.717, 1.165) is 24.1 Å². The molecule has 1 aliphatic rings. The van der Waals surface area contributed by atoms with Crippen molar-refractivity contribution >= 4 is 11.8 Å². The minimum absolute atomic E-state index is 0.140. The van der Waals surface area contributed by atoms with Gasteiger partial charge in [-0.25, -0.2) is 4.68 Å². The monoisotopic (exact) mass is 378 g/mol. The molecule has 28 heavy (non-hydrogen) atoms. The molecule has 1 unspecified atom stereocenters. The number of hydrogen-bond acceptors (Lipinski definition) is 4. The fourth-order valence-electron chi connectivity index (χ4n) is 3.28. The maximum atomic E-state index is 13.0. The van der Waals surface area contributed by atoms with Crippen LogP contribution < -0.4 is 10.6 Å². The predicted molar refractivity (Wildman–Crippen MR) is 104 cm³/mol. The first-order valence-electron chi connectivity index (χ1n) is 9.41. The number of aryl methyl sites for hydroxylation is 1. The minimum Gasteiger partial charge on any atom is -0.463 e. The Bertz CT molecular complexity index is 974. The Morgan fingerprint density at radius 2 is 2.07 bits per heavy atom. The SMILES string of the molecule is Cc1ccc(-n2nc(-c3ccco3)cc2C(=O)NC2CCCCNC2=O)cc1. The first kappa shape index (κ1) is 18.0. The van der Waals surface area contributed by atoms with Crippen LogP contribution in [0.25, 0.3) is 17.1 Å². The van der Waals surface area contributed by atoms with Crippen molar-refractivity contribution in [3.63, 3.8) is 0 Å². The molecule has 0 bridgehead atoms. The third-order valence-corrected chi connectivity index (χ3v) is 4.83. The van der Waals surface area contributed by atoms with E-state index in [0.29, 0.717) is 30.1 Å². The molecule has 7 heteroatoms. The quantitative estimate of drug-likeness (QED) is 0.731. The van der Waals surface area contributed by atoms with Crippen LogP contribution in [0.4, 0.5) is 0 Å². The van der Waals surface area contributed by atoms with E-state index in [2.05, 4.69) is 15.7 Å². The zero-order chi connectivity index (χ0) is 19.5. The van der Waals surface area contributed by atoms with Crippen molar-refractivity contribution < 1.29 is 14.0 Å². The summed E-state index contributed by atoms with van der Waals surface area (Å²) in [6, 6.07) is 12.4. The molecule has 0 aliphatic carbocycles. The summed E-state index contributed by atoms with van der Waals surface area (Å²) in [6.07, 6.45) is 4.00. The van der Waals surface area contributed by atoms with Crippen molar-refractivity contribution in [2.75, 3.05) is 6.54 Å². The van der Waals surface area contributed by atoms with Gasteiger partial charge in [-0.15, -0.1) is 0 Å². The van der Waals surface area contributed by atoms with Crippen LogP contribution in [0, 0.1) is 6.92 Å². The molecule has 144 valence electrons. The summed E-state index contributed by atoms with van der Waals surface area (Å²) in [7, 11) is 0. The van der Waals surface area contributed by atoms with E-state index in [1.54, 1.807) is 29.1 Å². The second kappa shape index (κ2) is 7.72. The van der Waals surface area contributed by atoms with Gasteiger partial charge in [0.2, 0.25) is 5.91 Å². The number of nitrogens with one attached hydrogen (secondary N) is 2. The number of carbonyl (C=O) groups excluding carboxylic acids is 2. The fourth-order valence-corrected chi connectivity index (χ4v) is 3.28. The molecule has 1 saturated heterocycles. The highest BCUT2D eigenvalue weighted by molar-refractivity contribution is 5.97. The molecule has 1 fully saturated rings. The van der Waals surface area contributed by atoms with Crippen LogP contribution in [-0.2, 0) is 4.79 Å². The molecule has 2 aromatic heterocycles. The molecule has 4 rings (SSSR count). The topological polar surface area (TPSA) is 89.2 Å². The number of rotatable bonds is 4. The summed E-state index contributed by atoms with van der Waals surface area (Å²) in [4.78, 5) is 25.2. The van der Waals surface area contributed by atoms with E-state index in [1.807, 2.05) is 31.2 Å². The molecular formula is C21H22N4O3. The summed E-state index contributed by atoms with van der Waals surface area (Å²) < 4.78 is 7.02. The summed E-state index contributed by atoms with van der Waals surface area (Å²) in [5.41, 5.74) is 2.79. The van der Waals surface area contributed by atoms with Crippen LogP contribution in [0.5, 0.6) is 0 Å². The molecule has 3 aromatic rings. The highest BCUT2D eigenvalue weighted by atomic mass is 16.3. The number of furan rings is 1. The van der Waals surface area contributed by atoms with E-state index < -0.39 is 6.04 Å². The smallest absolute Gasteiger partial charge is 0.270 e.